The first-order valence-electron chi connectivity index (χ1n) is 26.7. The number of nitrogens with one attached hydrogen (secondary N) is 4. The van der Waals surface area contributed by atoms with E-state index in [-0.39, 0.29) is 53.3 Å². The zero-order valence-electron chi connectivity index (χ0n) is 42.4. The maximum atomic E-state index is 16.6. The SMILES string of the molecule is CNC[C@@]12C=Cc3cc(O)cc4ccc(c1c34)NC1=CC(=CCN1)[C@]1(CC[C@@H](O)[C@@H]1Cc1ccc[nH]1)[C@@H]([C@H](O)CCc1ccc(O)c3c1CCCO3)C(=O)C[C@H](c1cc(O)c(O)c(OC[C@@H]3C=CC[C@@H](C)C3)c1)C2. The number of benzene rings is 4. The van der Waals surface area contributed by atoms with Gasteiger partial charge in [0.15, 0.2) is 23.0 Å². The zero-order valence-corrected chi connectivity index (χ0v) is 42.4. The fourth-order valence-electron chi connectivity index (χ4n) is 14.1. The number of aryl methyl sites for hydroxylation is 1. The molecule has 1 aromatic heterocycles. The van der Waals surface area contributed by atoms with E-state index in [0.717, 1.165) is 75.7 Å². The summed E-state index contributed by atoms with van der Waals surface area (Å²) in [4.78, 5) is 20.0. The number of H-pyrrole nitrogens is 1. The Hall–Kier alpha value is -6.67. The molecule has 6 aliphatic rings. The van der Waals surface area contributed by atoms with Crippen molar-refractivity contribution in [2.45, 2.75) is 101 Å². The number of fused-ring (bicyclic) bond motifs is 3. The van der Waals surface area contributed by atoms with Crippen LogP contribution in [0.3, 0.4) is 0 Å². The molecule has 9 atom stereocenters. The molecule has 2 bridgehead atoms. The van der Waals surface area contributed by atoms with Gasteiger partial charge in [-0.15, -0.1) is 0 Å². The fourth-order valence-corrected chi connectivity index (χ4v) is 14.1. The van der Waals surface area contributed by atoms with Gasteiger partial charge in [-0.25, -0.2) is 0 Å². The van der Waals surface area contributed by atoms with Crippen LogP contribution in [-0.2, 0) is 29.5 Å². The molecule has 1 saturated carbocycles. The Kier molecular flexibility index (Phi) is 13.5. The van der Waals surface area contributed by atoms with Gasteiger partial charge in [-0.2, -0.15) is 0 Å². The molecule has 4 aromatic carbocycles. The number of aromatic hydroxyl groups is 4. The molecule has 11 rings (SSSR count). The van der Waals surface area contributed by atoms with Crippen LogP contribution < -0.4 is 25.4 Å². The van der Waals surface area contributed by atoms with Crippen LogP contribution in [0, 0.1) is 29.1 Å². The first-order valence-corrected chi connectivity index (χ1v) is 26.7. The van der Waals surface area contributed by atoms with Gasteiger partial charge in [0.2, 0.25) is 5.75 Å². The van der Waals surface area contributed by atoms with Crippen molar-refractivity contribution in [3.8, 4) is 34.5 Å². The number of hydrogen-bond acceptors (Lipinski definition) is 12. The number of carbonyl (C=O) groups is 1. The number of aliphatic hydroxyl groups excluding tert-OH is 2. The van der Waals surface area contributed by atoms with Crippen LogP contribution in [0.15, 0.2) is 109 Å². The second-order valence-electron chi connectivity index (χ2n) is 22.1. The highest BCUT2D eigenvalue weighted by Gasteiger charge is 2.58. The molecule has 1 spiro atoms. The number of aromatic amines is 1. The lowest BCUT2D eigenvalue weighted by molar-refractivity contribution is -0.134. The van der Waals surface area contributed by atoms with Crippen LogP contribution in [0.2, 0.25) is 0 Å². The van der Waals surface area contributed by atoms with Crippen molar-refractivity contribution in [3.05, 3.63) is 142 Å². The Balaban J connectivity index is 1.10. The highest BCUT2D eigenvalue weighted by Crippen LogP contribution is 2.59. The van der Waals surface area contributed by atoms with Gasteiger partial charge in [-0.1, -0.05) is 49.4 Å². The van der Waals surface area contributed by atoms with Crippen LogP contribution in [0.4, 0.5) is 5.69 Å². The number of ether oxygens (including phenoxy) is 2. The molecule has 0 amide bonds. The summed E-state index contributed by atoms with van der Waals surface area (Å²) in [6.45, 7) is 3.88. The summed E-state index contributed by atoms with van der Waals surface area (Å²) >= 11 is 0. The number of carbonyl (C=O) groups excluding carboxylic acids is 1. The molecule has 388 valence electrons. The van der Waals surface area contributed by atoms with Crippen molar-refractivity contribution in [3.63, 3.8) is 0 Å². The predicted octanol–water partition coefficient (Wildman–Crippen LogP) is 9.32. The van der Waals surface area contributed by atoms with Crippen molar-refractivity contribution >= 4 is 28.3 Å². The van der Waals surface area contributed by atoms with Gasteiger partial charge in [0.1, 0.15) is 17.4 Å². The lowest BCUT2D eigenvalue weighted by Crippen LogP contribution is -2.50. The number of phenols is 4. The topological polar surface area (TPSA) is 209 Å². The average Bonchev–Trinajstić information content (AvgIpc) is 4.03. The number of anilines is 1. The monoisotopic (exact) mass is 1000 g/mol. The molecule has 13 heteroatoms. The van der Waals surface area contributed by atoms with E-state index in [1.165, 1.54) is 0 Å². The molecule has 1 fully saturated rings. The lowest BCUT2D eigenvalue weighted by atomic mass is 9.57. The summed E-state index contributed by atoms with van der Waals surface area (Å²) < 4.78 is 12.4. The third-order valence-corrected chi connectivity index (χ3v) is 17.4. The van der Waals surface area contributed by atoms with Crippen LogP contribution in [0.25, 0.3) is 16.8 Å². The molecule has 74 heavy (non-hydrogen) atoms. The number of likely N-dealkylation sites (N-methyl/N-ethyl adjacent to an activating group) is 1. The fraction of sp³-hybridized carbons (Fsp3) is 0.426. The van der Waals surface area contributed by atoms with Gasteiger partial charge < -0.3 is 61.0 Å². The number of dihydropyridines is 1. The summed E-state index contributed by atoms with van der Waals surface area (Å²) in [5.41, 5.74) is 5.04. The molecule has 5 aromatic rings. The largest absolute Gasteiger partial charge is 0.508 e. The van der Waals surface area contributed by atoms with E-state index in [4.69, 9.17) is 9.47 Å². The Morgan fingerprint density at radius 3 is 2.74 bits per heavy atom. The number of aromatic nitrogens is 1. The smallest absolute Gasteiger partial charge is 0.200 e. The summed E-state index contributed by atoms with van der Waals surface area (Å²) in [5, 5.41) is 83.4. The predicted molar refractivity (Wildman–Crippen MR) is 287 cm³/mol. The van der Waals surface area contributed by atoms with Gasteiger partial charge in [0.05, 0.1) is 31.3 Å². The van der Waals surface area contributed by atoms with E-state index < -0.39 is 40.8 Å². The maximum absolute atomic E-state index is 16.6. The lowest BCUT2D eigenvalue weighted by Gasteiger charge is -2.47. The van der Waals surface area contributed by atoms with Crippen molar-refractivity contribution in [1.82, 2.24) is 15.6 Å². The molecule has 0 saturated heterocycles. The van der Waals surface area contributed by atoms with Gasteiger partial charge in [0.25, 0.3) is 0 Å². The number of hydrogen-bond donors (Lipinski definition) is 10. The Labute approximate surface area is 432 Å². The van der Waals surface area contributed by atoms with Crippen LogP contribution in [0.5, 0.6) is 34.5 Å². The first kappa shape index (κ1) is 49.5. The molecule has 3 aliphatic carbocycles. The summed E-state index contributed by atoms with van der Waals surface area (Å²) in [6, 6.07) is 18.4. The van der Waals surface area contributed by atoms with E-state index >= 15 is 4.79 Å². The van der Waals surface area contributed by atoms with Crippen LogP contribution in [0.1, 0.15) is 97.7 Å². The van der Waals surface area contributed by atoms with Gasteiger partial charge in [-0.05, 0) is 176 Å². The number of aliphatic hydroxyl groups is 2. The molecular formula is C61H70N4O9. The zero-order chi connectivity index (χ0) is 51.3. The first-order chi connectivity index (χ1) is 35.8. The second kappa shape index (κ2) is 20.2. The van der Waals surface area contributed by atoms with E-state index in [1.54, 1.807) is 30.3 Å². The van der Waals surface area contributed by atoms with E-state index in [0.29, 0.717) is 81.5 Å². The summed E-state index contributed by atoms with van der Waals surface area (Å²) in [7, 11) is 1.91. The van der Waals surface area contributed by atoms with Crippen LogP contribution in [-0.4, -0.2) is 87.0 Å². The second-order valence-corrected chi connectivity index (χ2v) is 22.1. The summed E-state index contributed by atoms with van der Waals surface area (Å²) in [5.74, 6) is -0.884. The maximum Gasteiger partial charge on any atom is 0.200 e. The summed E-state index contributed by atoms with van der Waals surface area (Å²) in [6.07, 6.45) is 18.3. The van der Waals surface area contributed by atoms with Gasteiger partial charge >= 0.3 is 0 Å². The third-order valence-electron chi connectivity index (χ3n) is 17.4. The Bertz CT molecular complexity index is 3070. The minimum atomic E-state index is -1.19. The highest BCUT2D eigenvalue weighted by molar-refractivity contribution is 6.01. The van der Waals surface area contributed by atoms with Crippen molar-refractivity contribution in [1.29, 1.82) is 0 Å². The molecule has 4 heterocycles. The molecule has 0 radical (unpaired) electrons. The van der Waals surface area contributed by atoms with E-state index in [9.17, 15) is 30.6 Å². The third kappa shape index (κ3) is 9.10. The molecular weight excluding hydrogens is 933 g/mol. The van der Waals surface area contributed by atoms with Crippen molar-refractivity contribution < 1.29 is 44.9 Å². The molecule has 3 aliphatic heterocycles. The van der Waals surface area contributed by atoms with E-state index in [1.807, 2.05) is 49.7 Å². The quantitative estimate of drug-likeness (QED) is 0.0419. The molecule has 13 nitrogen and oxygen atoms in total. The minimum Gasteiger partial charge on any atom is -0.508 e. The molecule has 0 unspecified atom stereocenters. The van der Waals surface area contributed by atoms with Gasteiger partial charge in [-0.3, -0.25) is 4.79 Å². The number of phenolic OH excluding ortho intramolecular Hbond substituents is 4. The number of ketones is 1. The van der Waals surface area contributed by atoms with Gasteiger partial charge in [0, 0.05) is 65.3 Å². The normalized spacial score (nSPS) is 27.6. The Morgan fingerprint density at radius 2 is 1.92 bits per heavy atom. The van der Waals surface area contributed by atoms with E-state index in [2.05, 4.69) is 58.2 Å². The van der Waals surface area contributed by atoms with Crippen molar-refractivity contribution in [2.24, 2.45) is 29.1 Å². The Morgan fingerprint density at radius 1 is 1.04 bits per heavy atom. The standard InChI is InChI=1S/C61H70N4O9/c1-35-6-3-7-36(24-35)33-74-53-29-40(27-52(71)58(53)72)41-28-51(70)57(49(68)14-11-37-12-15-50(69)59-45(37)9-5-23-73-59)61(20-17-48(67)46(61)31-43-8-4-21-63-43)42-18-22-64-54(30-42)65-47-13-10-38-25-44(66)26-39-16-19-60(32-41,34-62-2)56(47)55(38)39/h3-4,7-8,10,12-13,15-16,18-19,21,25-27,29-30,35-36,41,46,48-49,57,62-69,71-72H,5-6,9,11,14,17,20,22-24,28,31-34H2,1-2H3/t35-,36-,41+,46+,48-,49-,57+,60+,61+/m1/s1. The number of rotatable bonds is 12. The van der Waals surface area contributed by atoms with Crippen molar-refractivity contribution in [2.75, 3.05) is 38.7 Å². The number of allylic oxidation sites excluding steroid dienone is 3. The number of Topliss-reactive ketones (excluding diaryl/α,β-unsaturated/α-hetero) is 1. The average molecular weight is 1000 g/mol. The highest BCUT2D eigenvalue weighted by atomic mass is 16.5. The van der Waals surface area contributed by atoms with Crippen LogP contribution >= 0.6 is 0 Å². The minimum absolute atomic E-state index is 0.0631. The molecule has 10 N–H and O–H groups in total.